The molecule has 164 valence electrons. The van der Waals surface area contributed by atoms with Gasteiger partial charge >= 0.3 is 5.97 Å². The minimum atomic E-state index is -0.933. The molecule has 0 radical (unpaired) electrons. The van der Waals surface area contributed by atoms with E-state index in [1.54, 1.807) is 36.4 Å². The molecule has 1 amide bonds. The molecule has 5 heteroatoms. The van der Waals surface area contributed by atoms with E-state index in [-0.39, 0.29) is 22.3 Å². The van der Waals surface area contributed by atoms with Gasteiger partial charge in [-0.15, -0.1) is 0 Å². The van der Waals surface area contributed by atoms with Crippen LogP contribution in [0.3, 0.4) is 0 Å². The van der Waals surface area contributed by atoms with Crippen molar-refractivity contribution in [3.63, 3.8) is 0 Å². The highest BCUT2D eigenvalue weighted by atomic mass is 16.4. The Morgan fingerprint density at radius 2 is 1.69 bits per heavy atom. The van der Waals surface area contributed by atoms with Crippen molar-refractivity contribution >= 4 is 23.7 Å². The lowest BCUT2D eigenvalue weighted by Crippen LogP contribution is -2.48. The Bertz CT molecular complexity index is 1160. The third-order valence-electron chi connectivity index (χ3n) is 6.86. The van der Waals surface area contributed by atoms with Crippen LogP contribution in [-0.4, -0.2) is 41.3 Å². The maximum atomic E-state index is 13.2. The van der Waals surface area contributed by atoms with Gasteiger partial charge in [0.1, 0.15) is 0 Å². The lowest BCUT2D eigenvalue weighted by molar-refractivity contribution is 0.0677. The van der Waals surface area contributed by atoms with Crippen LogP contribution in [0.2, 0.25) is 0 Å². The molecule has 0 bridgehead atoms. The standard InChI is InChI=1S/C27H27NO4/c1-26(2)22(18-8-10-19(11-9-18)25(31)32)12-14-27(3)17-28(15-13-23(26)27)24(30)21-7-5-4-6-20(21)16-29/h4-13,16H,14-15,17H2,1-3H3,(H,31,32). The number of fused-ring (bicyclic) bond motifs is 1. The Hall–Kier alpha value is -3.47. The van der Waals surface area contributed by atoms with E-state index in [4.69, 9.17) is 0 Å². The first-order valence-electron chi connectivity index (χ1n) is 10.8. The number of hydrogen-bond acceptors (Lipinski definition) is 3. The molecule has 0 spiro atoms. The second-order valence-corrected chi connectivity index (χ2v) is 9.40. The first-order valence-corrected chi connectivity index (χ1v) is 10.8. The number of carboxylic acids is 1. The normalized spacial score (nSPS) is 21.8. The molecule has 1 aliphatic carbocycles. The summed E-state index contributed by atoms with van der Waals surface area (Å²) in [7, 11) is 0. The number of aldehydes is 1. The largest absolute Gasteiger partial charge is 0.478 e. The summed E-state index contributed by atoms with van der Waals surface area (Å²) in [6.45, 7) is 7.63. The summed E-state index contributed by atoms with van der Waals surface area (Å²) in [5.74, 6) is -1.06. The minimum Gasteiger partial charge on any atom is -0.478 e. The highest BCUT2D eigenvalue weighted by Crippen LogP contribution is 2.55. The quantitative estimate of drug-likeness (QED) is 0.542. The van der Waals surface area contributed by atoms with E-state index in [2.05, 4.69) is 32.9 Å². The molecule has 1 atom stereocenters. The van der Waals surface area contributed by atoms with E-state index in [9.17, 15) is 19.5 Å². The topological polar surface area (TPSA) is 74.7 Å². The molecular formula is C27H27NO4. The molecular weight excluding hydrogens is 402 g/mol. The van der Waals surface area contributed by atoms with Gasteiger partial charge in [-0.05, 0) is 35.8 Å². The smallest absolute Gasteiger partial charge is 0.335 e. The lowest BCUT2D eigenvalue weighted by atomic mass is 9.58. The van der Waals surface area contributed by atoms with Gasteiger partial charge in [-0.1, -0.05) is 68.8 Å². The zero-order valence-corrected chi connectivity index (χ0v) is 18.6. The van der Waals surface area contributed by atoms with Gasteiger partial charge in [0.2, 0.25) is 0 Å². The van der Waals surface area contributed by atoms with Gasteiger partial charge in [-0.2, -0.15) is 0 Å². The minimum absolute atomic E-state index is 0.124. The van der Waals surface area contributed by atoms with Gasteiger partial charge < -0.3 is 10.0 Å². The number of carbonyl (C=O) groups excluding carboxylic acids is 2. The lowest BCUT2D eigenvalue weighted by Gasteiger charge is -2.50. The van der Waals surface area contributed by atoms with Crippen molar-refractivity contribution in [2.24, 2.45) is 10.8 Å². The maximum absolute atomic E-state index is 13.2. The number of benzene rings is 2. The molecule has 0 aromatic heterocycles. The van der Waals surface area contributed by atoms with E-state index >= 15 is 0 Å². The molecule has 2 aromatic rings. The van der Waals surface area contributed by atoms with Crippen LogP contribution in [0.5, 0.6) is 0 Å². The first kappa shape index (κ1) is 21.8. The molecule has 0 fully saturated rings. The highest BCUT2D eigenvalue weighted by Gasteiger charge is 2.46. The summed E-state index contributed by atoms with van der Waals surface area (Å²) < 4.78 is 0. The van der Waals surface area contributed by atoms with E-state index in [0.717, 1.165) is 18.3 Å². The number of allylic oxidation sites excluding steroid dienone is 2. The van der Waals surface area contributed by atoms with Crippen molar-refractivity contribution in [1.82, 2.24) is 4.90 Å². The van der Waals surface area contributed by atoms with Crippen molar-refractivity contribution in [3.8, 4) is 0 Å². The van der Waals surface area contributed by atoms with Crippen molar-refractivity contribution in [1.29, 1.82) is 0 Å². The summed E-state index contributed by atoms with van der Waals surface area (Å²) in [5.41, 5.74) is 4.13. The molecule has 1 aliphatic heterocycles. The number of hydrogen-bond donors (Lipinski definition) is 1. The highest BCUT2D eigenvalue weighted by molar-refractivity contribution is 6.01. The fourth-order valence-electron chi connectivity index (χ4n) is 5.32. The van der Waals surface area contributed by atoms with Crippen molar-refractivity contribution < 1.29 is 19.5 Å². The Labute approximate surface area is 188 Å². The van der Waals surface area contributed by atoms with Crippen LogP contribution in [-0.2, 0) is 0 Å². The van der Waals surface area contributed by atoms with E-state index in [1.807, 2.05) is 17.0 Å². The molecule has 2 aromatic carbocycles. The van der Waals surface area contributed by atoms with Gasteiger partial charge in [0.25, 0.3) is 5.91 Å². The molecule has 2 aliphatic rings. The Balaban J connectivity index is 1.64. The third kappa shape index (κ3) is 3.58. The fourth-order valence-corrected chi connectivity index (χ4v) is 5.32. The first-order chi connectivity index (χ1) is 15.2. The molecule has 0 saturated heterocycles. The van der Waals surface area contributed by atoms with Crippen LogP contribution in [0.25, 0.3) is 5.57 Å². The van der Waals surface area contributed by atoms with Crippen LogP contribution >= 0.6 is 0 Å². The average molecular weight is 430 g/mol. The predicted molar refractivity (Wildman–Crippen MR) is 124 cm³/mol. The van der Waals surface area contributed by atoms with Gasteiger partial charge in [-0.25, -0.2) is 4.79 Å². The number of nitrogens with zero attached hydrogens (tertiary/aromatic N) is 1. The second kappa shape index (κ2) is 7.90. The zero-order valence-electron chi connectivity index (χ0n) is 18.6. The maximum Gasteiger partial charge on any atom is 0.335 e. The molecule has 5 nitrogen and oxygen atoms in total. The van der Waals surface area contributed by atoms with Crippen LogP contribution in [0.15, 0.2) is 66.3 Å². The second-order valence-electron chi connectivity index (χ2n) is 9.40. The van der Waals surface area contributed by atoms with Gasteiger partial charge in [-0.3, -0.25) is 9.59 Å². The summed E-state index contributed by atoms with van der Waals surface area (Å²) in [6, 6.07) is 13.9. The molecule has 32 heavy (non-hydrogen) atoms. The van der Waals surface area contributed by atoms with Crippen LogP contribution in [0.4, 0.5) is 0 Å². The van der Waals surface area contributed by atoms with Crippen molar-refractivity contribution in [2.75, 3.05) is 13.1 Å². The van der Waals surface area contributed by atoms with Crippen LogP contribution in [0, 0.1) is 10.8 Å². The Morgan fingerprint density at radius 3 is 2.34 bits per heavy atom. The van der Waals surface area contributed by atoms with Crippen LogP contribution in [0.1, 0.15) is 63.8 Å². The SMILES string of the molecule is CC12CC=C(c3ccc(C(=O)O)cc3)C(C)(C)C1=CCN(C(=O)c1ccccc1C=O)C2. The van der Waals surface area contributed by atoms with Gasteiger partial charge in [0, 0.05) is 29.5 Å². The molecule has 1 unspecified atom stereocenters. The zero-order chi connectivity index (χ0) is 23.1. The summed E-state index contributed by atoms with van der Waals surface area (Å²) in [6.07, 6.45) is 5.88. The molecule has 0 saturated carbocycles. The summed E-state index contributed by atoms with van der Waals surface area (Å²) >= 11 is 0. The van der Waals surface area contributed by atoms with E-state index < -0.39 is 5.97 Å². The Morgan fingerprint density at radius 1 is 1.00 bits per heavy atom. The van der Waals surface area contributed by atoms with Gasteiger partial charge in [0.15, 0.2) is 6.29 Å². The monoisotopic (exact) mass is 429 g/mol. The van der Waals surface area contributed by atoms with E-state index in [1.165, 1.54) is 11.1 Å². The number of carboxylic acid groups (broad SMARTS) is 1. The summed E-state index contributed by atoms with van der Waals surface area (Å²) in [5, 5.41) is 9.19. The Kier molecular flexibility index (Phi) is 5.37. The third-order valence-corrected chi connectivity index (χ3v) is 6.86. The van der Waals surface area contributed by atoms with Gasteiger partial charge in [0.05, 0.1) is 11.1 Å². The predicted octanol–water partition coefficient (Wildman–Crippen LogP) is 5.10. The number of aromatic carboxylic acids is 1. The van der Waals surface area contributed by atoms with Crippen molar-refractivity contribution in [3.05, 3.63) is 88.5 Å². The summed E-state index contributed by atoms with van der Waals surface area (Å²) in [4.78, 5) is 37.6. The number of amides is 1. The molecule has 1 heterocycles. The number of carbonyl (C=O) groups is 3. The molecule has 1 N–H and O–H groups in total. The average Bonchev–Trinajstić information content (AvgIpc) is 2.78. The van der Waals surface area contributed by atoms with Crippen molar-refractivity contribution in [2.45, 2.75) is 27.2 Å². The fraction of sp³-hybridized carbons (Fsp3) is 0.296. The molecule has 4 rings (SSSR count). The van der Waals surface area contributed by atoms with E-state index in [0.29, 0.717) is 24.2 Å². The van der Waals surface area contributed by atoms with Crippen LogP contribution < -0.4 is 0 Å². The number of rotatable bonds is 4.